The number of alkyl halides is 3. The Labute approximate surface area is 225 Å². The molecule has 1 saturated heterocycles. The Morgan fingerprint density at radius 3 is 2.62 bits per heavy atom. The van der Waals surface area contributed by atoms with Gasteiger partial charge in [-0.15, -0.1) is 5.10 Å². The van der Waals surface area contributed by atoms with Gasteiger partial charge in [0, 0.05) is 56.6 Å². The number of nitrogens with zero attached hydrogens (tertiary/aromatic N) is 5. The van der Waals surface area contributed by atoms with Gasteiger partial charge in [-0.1, -0.05) is 31.9 Å². The van der Waals surface area contributed by atoms with Crippen LogP contribution < -0.4 is 10.6 Å². The monoisotopic (exact) mass is 533 g/mol. The SMILES string of the molecule is CC(C)CNc1ccc2ncc(C#Cc3ccnc(-c4ccc(CN5CCNCC5)c(C(F)(F)F)c4)c3)n2n1. The second-order valence-electron chi connectivity index (χ2n) is 9.98. The third-order valence-electron chi connectivity index (χ3n) is 6.46. The number of benzene rings is 1. The highest BCUT2D eigenvalue weighted by Crippen LogP contribution is 2.35. The Kier molecular flexibility index (Phi) is 7.82. The number of halogens is 3. The first kappa shape index (κ1) is 26.7. The molecule has 0 unspecified atom stereocenters. The molecule has 0 atom stereocenters. The van der Waals surface area contributed by atoms with E-state index in [2.05, 4.69) is 51.4 Å². The summed E-state index contributed by atoms with van der Waals surface area (Å²) >= 11 is 0. The molecule has 3 aromatic heterocycles. The van der Waals surface area contributed by atoms with Gasteiger partial charge in [0.2, 0.25) is 0 Å². The lowest BCUT2D eigenvalue weighted by Gasteiger charge is -2.28. The first-order valence-corrected chi connectivity index (χ1v) is 13.0. The molecule has 5 rings (SSSR count). The topological polar surface area (TPSA) is 70.4 Å². The van der Waals surface area contributed by atoms with Crippen molar-refractivity contribution >= 4 is 11.5 Å². The highest BCUT2D eigenvalue weighted by molar-refractivity contribution is 5.63. The largest absolute Gasteiger partial charge is 0.416 e. The van der Waals surface area contributed by atoms with Gasteiger partial charge in [0.05, 0.1) is 17.5 Å². The molecule has 4 aromatic rings. The normalized spacial score (nSPS) is 14.4. The predicted molar refractivity (Wildman–Crippen MR) is 145 cm³/mol. The fourth-order valence-electron chi connectivity index (χ4n) is 4.41. The summed E-state index contributed by atoms with van der Waals surface area (Å²) in [7, 11) is 0. The van der Waals surface area contributed by atoms with Gasteiger partial charge in [0.15, 0.2) is 5.65 Å². The molecule has 0 radical (unpaired) electrons. The summed E-state index contributed by atoms with van der Waals surface area (Å²) in [5.74, 6) is 7.37. The van der Waals surface area contributed by atoms with Gasteiger partial charge in [-0.3, -0.25) is 9.88 Å². The molecule has 1 aromatic carbocycles. The van der Waals surface area contributed by atoms with Crippen LogP contribution in [0.15, 0.2) is 54.9 Å². The number of aromatic nitrogens is 4. The summed E-state index contributed by atoms with van der Waals surface area (Å²) < 4.78 is 43.7. The van der Waals surface area contributed by atoms with E-state index in [1.54, 1.807) is 41.2 Å². The first-order chi connectivity index (χ1) is 18.8. The third kappa shape index (κ3) is 6.56. The summed E-state index contributed by atoms with van der Waals surface area (Å²) in [5, 5.41) is 11.1. The van der Waals surface area contributed by atoms with Crippen LogP contribution in [-0.2, 0) is 12.7 Å². The lowest BCUT2D eigenvalue weighted by molar-refractivity contribution is -0.138. The number of pyridine rings is 1. The number of hydrogen-bond donors (Lipinski definition) is 2. The quantitative estimate of drug-likeness (QED) is 0.351. The number of rotatable bonds is 6. The standard InChI is InChI=1S/C29H30F3N7/c1-20(2)17-35-27-7-8-28-36-18-24(39(28)37-27)6-3-21-9-10-34-26(15-21)22-4-5-23(25(16-22)29(30,31)32)19-38-13-11-33-12-14-38/h4-5,7-10,15-16,18,20,33H,11-14,17,19H2,1-2H3,(H,35,37). The van der Waals surface area contributed by atoms with Crippen LogP contribution in [0.1, 0.15) is 36.2 Å². The second-order valence-corrected chi connectivity index (χ2v) is 9.98. The summed E-state index contributed by atoms with van der Waals surface area (Å²) in [5.41, 5.74) is 2.37. The van der Waals surface area contributed by atoms with Crippen LogP contribution in [0.25, 0.3) is 16.9 Å². The van der Waals surface area contributed by atoms with Gasteiger partial charge in [0.1, 0.15) is 11.5 Å². The smallest absolute Gasteiger partial charge is 0.368 e. The lowest BCUT2D eigenvalue weighted by atomic mass is 10.00. The van der Waals surface area contributed by atoms with Gasteiger partial charge in [-0.2, -0.15) is 13.2 Å². The molecular weight excluding hydrogens is 503 g/mol. The lowest BCUT2D eigenvalue weighted by Crippen LogP contribution is -2.43. The molecule has 39 heavy (non-hydrogen) atoms. The Morgan fingerprint density at radius 2 is 1.85 bits per heavy atom. The van der Waals surface area contributed by atoms with E-state index < -0.39 is 11.7 Å². The fraction of sp³-hybridized carbons (Fsp3) is 0.345. The van der Waals surface area contributed by atoms with Gasteiger partial charge in [-0.25, -0.2) is 9.50 Å². The molecule has 7 nitrogen and oxygen atoms in total. The molecular formula is C29H30F3N7. The van der Waals surface area contributed by atoms with Crippen LogP contribution in [0.5, 0.6) is 0 Å². The first-order valence-electron chi connectivity index (χ1n) is 13.0. The molecule has 4 heterocycles. The van der Waals surface area contributed by atoms with Gasteiger partial charge < -0.3 is 10.6 Å². The molecule has 202 valence electrons. The number of piperazine rings is 1. The maximum atomic E-state index is 14.0. The number of hydrogen-bond acceptors (Lipinski definition) is 6. The molecule has 1 fully saturated rings. The van der Waals surface area contributed by atoms with E-state index in [1.165, 1.54) is 6.07 Å². The van der Waals surface area contributed by atoms with Crippen molar-refractivity contribution in [2.24, 2.45) is 5.92 Å². The van der Waals surface area contributed by atoms with Crippen molar-refractivity contribution in [1.82, 2.24) is 29.8 Å². The van der Waals surface area contributed by atoms with Crippen molar-refractivity contribution < 1.29 is 13.2 Å². The van der Waals surface area contributed by atoms with Gasteiger partial charge in [0.25, 0.3) is 0 Å². The summed E-state index contributed by atoms with van der Waals surface area (Å²) in [4.78, 5) is 10.7. The number of fused-ring (bicyclic) bond motifs is 1. The minimum absolute atomic E-state index is 0.262. The third-order valence-corrected chi connectivity index (χ3v) is 6.46. The van der Waals surface area contributed by atoms with Crippen LogP contribution in [0.4, 0.5) is 19.0 Å². The minimum Gasteiger partial charge on any atom is -0.368 e. The van der Waals surface area contributed by atoms with Crippen molar-refractivity contribution in [3.63, 3.8) is 0 Å². The molecule has 2 N–H and O–H groups in total. The number of imidazole rings is 1. The van der Waals surface area contributed by atoms with Crippen LogP contribution in [-0.4, -0.2) is 57.2 Å². The zero-order valence-corrected chi connectivity index (χ0v) is 21.9. The number of anilines is 1. The Morgan fingerprint density at radius 1 is 1.03 bits per heavy atom. The fourth-order valence-corrected chi connectivity index (χ4v) is 4.41. The van der Waals surface area contributed by atoms with E-state index in [-0.39, 0.29) is 12.1 Å². The molecule has 10 heteroatoms. The predicted octanol–water partition coefficient (Wildman–Crippen LogP) is 4.68. The van der Waals surface area contributed by atoms with E-state index in [4.69, 9.17) is 0 Å². The molecule has 1 aliphatic rings. The Hall–Kier alpha value is -3.94. The van der Waals surface area contributed by atoms with Crippen molar-refractivity contribution in [2.75, 3.05) is 38.0 Å². The van der Waals surface area contributed by atoms with Crippen LogP contribution >= 0.6 is 0 Å². The Balaban J connectivity index is 1.40. The summed E-state index contributed by atoms with van der Waals surface area (Å²) in [6.07, 6.45) is -1.26. The molecule has 0 spiro atoms. The van der Waals surface area contributed by atoms with Gasteiger partial charge in [-0.05, 0) is 47.7 Å². The highest BCUT2D eigenvalue weighted by atomic mass is 19.4. The summed E-state index contributed by atoms with van der Waals surface area (Å²) in [6.45, 7) is 8.29. The van der Waals surface area contributed by atoms with E-state index in [0.29, 0.717) is 34.1 Å². The average Bonchev–Trinajstić information content (AvgIpc) is 3.33. The van der Waals surface area contributed by atoms with Crippen LogP contribution in [0.2, 0.25) is 0 Å². The van der Waals surface area contributed by atoms with E-state index in [1.807, 2.05) is 17.0 Å². The van der Waals surface area contributed by atoms with E-state index in [9.17, 15) is 13.2 Å². The van der Waals surface area contributed by atoms with E-state index >= 15 is 0 Å². The number of nitrogens with one attached hydrogen (secondary N) is 2. The van der Waals surface area contributed by atoms with Crippen LogP contribution in [0.3, 0.4) is 0 Å². The minimum atomic E-state index is -4.46. The van der Waals surface area contributed by atoms with Crippen molar-refractivity contribution in [3.8, 4) is 23.1 Å². The maximum absolute atomic E-state index is 14.0. The van der Waals surface area contributed by atoms with E-state index in [0.717, 1.165) is 38.5 Å². The van der Waals surface area contributed by atoms with Crippen molar-refractivity contribution in [3.05, 3.63) is 77.2 Å². The van der Waals surface area contributed by atoms with Crippen molar-refractivity contribution in [2.45, 2.75) is 26.6 Å². The van der Waals surface area contributed by atoms with Crippen molar-refractivity contribution in [1.29, 1.82) is 0 Å². The summed E-state index contributed by atoms with van der Waals surface area (Å²) in [6, 6.07) is 11.6. The Bertz CT molecular complexity index is 1510. The zero-order valence-electron chi connectivity index (χ0n) is 21.9. The molecule has 0 aliphatic carbocycles. The van der Waals surface area contributed by atoms with Gasteiger partial charge >= 0.3 is 6.18 Å². The molecule has 0 amide bonds. The van der Waals surface area contributed by atoms with Crippen LogP contribution in [0, 0.1) is 17.8 Å². The molecule has 1 aliphatic heterocycles. The second kappa shape index (κ2) is 11.4. The molecule has 0 saturated carbocycles. The maximum Gasteiger partial charge on any atom is 0.416 e. The zero-order chi connectivity index (χ0) is 27.4. The molecule has 0 bridgehead atoms. The average molecular weight is 534 g/mol. The highest BCUT2D eigenvalue weighted by Gasteiger charge is 2.34.